The molecule has 1 heterocycles. The number of amides is 3. The van der Waals surface area contributed by atoms with Crippen LogP contribution in [-0.4, -0.2) is 40.3 Å². The molecular weight excluding hydrogens is 324 g/mol. The van der Waals surface area contributed by atoms with Crippen LogP contribution in [0.15, 0.2) is 6.20 Å². The second-order valence-corrected chi connectivity index (χ2v) is 6.74. The fourth-order valence-electron chi connectivity index (χ4n) is 3.06. The molecule has 1 aromatic heterocycles. The number of hydrogen-bond acceptors (Lipinski definition) is 5. The molecule has 0 aliphatic heterocycles. The van der Waals surface area contributed by atoms with Crippen LogP contribution in [0.1, 0.15) is 49.2 Å². The van der Waals surface area contributed by atoms with Gasteiger partial charge in [0.1, 0.15) is 5.56 Å². The average molecular weight is 350 g/mol. The summed E-state index contributed by atoms with van der Waals surface area (Å²) in [5, 5.41) is 8.98. The number of nitrogens with zero attached hydrogens (tertiary/aromatic N) is 2. The van der Waals surface area contributed by atoms with Crippen molar-refractivity contribution in [3.8, 4) is 0 Å². The van der Waals surface area contributed by atoms with Crippen molar-refractivity contribution in [2.75, 3.05) is 6.61 Å². The highest BCUT2D eigenvalue weighted by molar-refractivity contribution is 5.97. The summed E-state index contributed by atoms with van der Waals surface area (Å²) in [7, 11) is 1.70. The Morgan fingerprint density at radius 3 is 2.68 bits per heavy atom. The first kappa shape index (κ1) is 19.0. The standard InChI is InChI=1S/C17H26N4O4/c1-10-6-5-7-14(11(10)2)19-17(24)20-15(22)9-25-16(23)13-8-18-21(4)12(13)3/h8,10-11,14H,5-7,9H2,1-4H3,(H2,19,20,22,24)/t10-,11-,14+/m0/s1. The third-order valence-electron chi connectivity index (χ3n) is 5.07. The van der Waals surface area contributed by atoms with Crippen LogP contribution in [0.25, 0.3) is 0 Å². The minimum atomic E-state index is -0.663. The Hall–Kier alpha value is -2.38. The predicted molar refractivity (Wildman–Crippen MR) is 90.9 cm³/mol. The third kappa shape index (κ3) is 4.80. The van der Waals surface area contributed by atoms with Crippen LogP contribution in [0.4, 0.5) is 4.79 Å². The number of imide groups is 1. The Balaban J connectivity index is 1.77. The number of nitrogens with one attached hydrogen (secondary N) is 2. The van der Waals surface area contributed by atoms with Gasteiger partial charge >= 0.3 is 12.0 Å². The summed E-state index contributed by atoms with van der Waals surface area (Å²) < 4.78 is 6.47. The summed E-state index contributed by atoms with van der Waals surface area (Å²) in [4.78, 5) is 35.7. The summed E-state index contributed by atoms with van der Waals surface area (Å²) in [5.74, 6) is -0.404. The average Bonchev–Trinajstić information content (AvgIpc) is 2.89. The van der Waals surface area contributed by atoms with Gasteiger partial charge in [-0.25, -0.2) is 9.59 Å². The molecule has 8 heteroatoms. The molecule has 0 unspecified atom stereocenters. The molecular formula is C17H26N4O4. The zero-order valence-electron chi connectivity index (χ0n) is 15.2. The van der Waals surface area contributed by atoms with E-state index in [-0.39, 0.29) is 6.04 Å². The highest BCUT2D eigenvalue weighted by atomic mass is 16.5. The number of hydrogen-bond donors (Lipinski definition) is 2. The number of aryl methyl sites for hydroxylation is 1. The van der Waals surface area contributed by atoms with Gasteiger partial charge in [0.2, 0.25) is 0 Å². The smallest absolute Gasteiger partial charge is 0.342 e. The van der Waals surface area contributed by atoms with E-state index in [9.17, 15) is 14.4 Å². The zero-order chi connectivity index (χ0) is 18.6. The van der Waals surface area contributed by atoms with Crippen molar-refractivity contribution in [1.29, 1.82) is 0 Å². The zero-order valence-corrected chi connectivity index (χ0v) is 15.2. The van der Waals surface area contributed by atoms with Crippen molar-refractivity contribution in [3.05, 3.63) is 17.5 Å². The molecule has 1 aliphatic carbocycles. The first-order valence-corrected chi connectivity index (χ1v) is 8.55. The fraction of sp³-hybridized carbons (Fsp3) is 0.647. The number of esters is 1. The number of urea groups is 1. The van der Waals surface area contributed by atoms with E-state index in [1.807, 2.05) is 0 Å². The topological polar surface area (TPSA) is 102 Å². The van der Waals surface area contributed by atoms with Crippen molar-refractivity contribution in [1.82, 2.24) is 20.4 Å². The van der Waals surface area contributed by atoms with Crippen LogP contribution in [0, 0.1) is 18.8 Å². The normalized spacial score (nSPS) is 23.0. The Labute approximate surface area is 147 Å². The molecule has 0 radical (unpaired) electrons. The maximum absolute atomic E-state index is 11.9. The van der Waals surface area contributed by atoms with Crippen LogP contribution in [0.2, 0.25) is 0 Å². The van der Waals surface area contributed by atoms with E-state index in [0.29, 0.717) is 23.1 Å². The number of carbonyl (C=O) groups is 3. The molecule has 1 fully saturated rings. The monoisotopic (exact) mass is 350 g/mol. The lowest BCUT2D eigenvalue weighted by Crippen LogP contribution is -2.49. The number of aromatic nitrogens is 2. The van der Waals surface area contributed by atoms with Crippen LogP contribution in [0.3, 0.4) is 0 Å². The van der Waals surface area contributed by atoms with Crippen molar-refractivity contribution in [2.24, 2.45) is 18.9 Å². The molecule has 0 saturated heterocycles. The van der Waals surface area contributed by atoms with Gasteiger partial charge in [-0.15, -0.1) is 0 Å². The molecule has 138 valence electrons. The molecule has 2 rings (SSSR count). The largest absolute Gasteiger partial charge is 0.452 e. The molecule has 25 heavy (non-hydrogen) atoms. The molecule has 8 nitrogen and oxygen atoms in total. The van der Waals surface area contributed by atoms with E-state index in [0.717, 1.165) is 19.3 Å². The molecule has 0 spiro atoms. The van der Waals surface area contributed by atoms with Crippen molar-refractivity contribution < 1.29 is 19.1 Å². The Bertz CT molecular complexity index is 655. The molecule has 3 atom stereocenters. The summed E-state index contributed by atoms with van der Waals surface area (Å²) >= 11 is 0. The first-order chi connectivity index (χ1) is 11.8. The van der Waals surface area contributed by atoms with Gasteiger partial charge in [0, 0.05) is 18.8 Å². The van der Waals surface area contributed by atoms with E-state index in [2.05, 4.69) is 29.6 Å². The van der Waals surface area contributed by atoms with E-state index in [1.54, 1.807) is 14.0 Å². The van der Waals surface area contributed by atoms with Gasteiger partial charge < -0.3 is 10.1 Å². The summed E-state index contributed by atoms with van der Waals surface area (Å²) in [6.07, 6.45) is 4.51. The molecule has 2 N–H and O–H groups in total. The maximum atomic E-state index is 11.9. The lowest BCUT2D eigenvalue weighted by molar-refractivity contribution is -0.123. The van der Waals surface area contributed by atoms with Gasteiger partial charge in [0.15, 0.2) is 6.61 Å². The van der Waals surface area contributed by atoms with Crippen molar-refractivity contribution in [2.45, 2.75) is 46.1 Å². The number of ether oxygens (including phenoxy) is 1. The maximum Gasteiger partial charge on any atom is 0.342 e. The van der Waals surface area contributed by atoms with E-state index < -0.39 is 24.5 Å². The van der Waals surface area contributed by atoms with Crippen LogP contribution >= 0.6 is 0 Å². The second kappa shape index (κ2) is 8.13. The SMILES string of the molecule is Cc1c(C(=O)OCC(=O)NC(=O)N[C@@H]2CCC[C@H](C)[C@@H]2C)cnn1C. The summed E-state index contributed by atoms with van der Waals surface area (Å²) in [5.41, 5.74) is 0.938. The van der Waals surface area contributed by atoms with Crippen molar-refractivity contribution >= 4 is 17.9 Å². The lowest BCUT2D eigenvalue weighted by atomic mass is 9.78. The summed E-state index contributed by atoms with van der Waals surface area (Å²) in [6.45, 7) is 5.48. The van der Waals surface area contributed by atoms with E-state index in [4.69, 9.17) is 4.74 Å². The highest BCUT2D eigenvalue weighted by Gasteiger charge is 2.28. The fourth-order valence-corrected chi connectivity index (χ4v) is 3.06. The predicted octanol–water partition coefficient (Wildman–Crippen LogP) is 1.54. The Morgan fingerprint density at radius 1 is 1.32 bits per heavy atom. The molecule has 1 aromatic rings. The lowest BCUT2D eigenvalue weighted by Gasteiger charge is -2.34. The van der Waals surface area contributed by atoms with Crippen LogP contribution in [0.5, 0.6) is 0 Å². The first-order valence-electron chi connectivity index (χ1n) is 8.55. The molecule has 0 bridgehead atoms. The number of rotatable bonds is 4. The quantitative estimate of drug-likeness (QED) is 0.802. The van der Waals surface area contributed by atoms with Gasteiger partial charge in [-0.3, -0.25) is 14.8 Å². The molecule has 0 aromatic carbocycles. The van der Waals surface area contributed by atoms with Crippen LogP contribution < -0.4 is 10.6 Å². The van der Waals surface area contributed by atoms with E-state index in [1.165, 1.54) is 10.9 Å². The van der Waals surface area contributed by atoms with Gasteiger partial charge in [0.25, 0.3) is 5.91 Å². The highest BCUT2D eigenvalue weighted by Crippen LogP contribution is 2.29. The van der Waals surface area contributed by atoms with Gasteiger partial charge in [-0.05, 0) is 25.2 Å². The second-order valence-electron chi connectivity index (χ2n) is 6.74. The Kier molecular flexibility index (Phi) is 6.17. The van der Waals surface area contributed by atoms with Crippen LogP contribution in [-0.2, 0) is 16.6 Å². The third-order valence-corrected chi connectivity index (χ3v) is 5.07. The minimum absolute atomic E-state index is 0.0529. The number of carbonyl (C=O) groups excluding carboxylic acids is 3. The Morgan fingerprint density at radius 2 is 2.04 bits per heavy atom. The van der Waals surface area contributed by atoms with Gasteiger partial charge in [-0.2, -0.15) is 5.10 Å². The van der Waals surface area contributed by atoms with Gasteiger partial charge in [0.05, 0.1) is 6.20 Å². The van der Waals surface area contributed by atoms with Gasteiger partial charge in [-0.1, -0.05) is 26.7 Å². The molecule has 1 saturated carbocycles. The van der Waals surface area contributed by atoms with Crippen molar-refractivity contribution in [3.63, 3.8) is 0 Å². The summed E-state index contributed by atoms with van der Waals surface area (Å²) in [6, 6.07) is -0.498. The minimum Gasteiger partial charge on any atom is -0.452 e. The molecule has 1 aliphatic rings. The molecule has 3 amide bonds. The van der Waals surface area contributed by atoms with E-state index >= 15 is 0 Å².